The molecule has 0 fully saturated rings. The smallest absolute Gasteiger partial charge is 0.190 e. The molecule has 4 N–H and O–H groups in total. The van der Waals surface area contributed by atoms with Gasteiger partial charge in [0.25, 0.3) is 0 Å². The first-order valence-corrected chi connectivity index (χ1v) is 7.28. The Kier molecular flexibility index (Phi) is 9.15. The van der Waals surface area contributed by atoms with Crippen LogP contribution in [-0.4, -0.2) is 33.5 Å². The summed E-state index contributed by atoms with van der Waals surface area (Å²) in [6.07, 6.45) is 3.74. The minimum atomic E-state index is 0. The highest BCUT2D eigenvalue weighted by atomic mass is 127. The van der Waals surface area contributed by atoms with E-state index in [0.29, 0.717) is 12.5 Å². The number of hydrogen-bond donors (Lipinski definition) is 2. The Labute approximate surface area is 135 Å². The van der Waals surface area contributed by atoms with Gasteiger partial charge in [-0.05, 0) is 18.6 Å². The SMILES string of the molecule is CSc1nnc(CCCN=C(N)N)n1CC(C)C.I. The van der Waals surface area contributed by atoms with Gasteiger partial charge in [0.05, 0.1) is 0 Å². The van der Waals surface area contributed by atoms with Gasteiger partial charge in [-0.1, -0.05) is 25.6 Å². The minimum Gasteiger partial charge on any atom is -0.370 e. The number of halogens is 1. The molecule has 0 bridgehead atoms. The maximum absolute atomic E-state index is 5.28. The van der Waals surface area contributed by atoms with Crippen molar-refractivity contribution in [2.75, 3.05) is 12.8 Å². The Morgan fingerprint density at radius 1 is 1.37 bits per heavy atom. The number of aromatic nitrogens is 3. The molecule has 0 saturated carbocycles. The summed E-state index contributed by atoms with van der Waals surface area (Å²) in [4.78, 5) is 3.97. The first kappa shape index (κ1) is 18.5. The van der Waals surface area contributed by atoms with Gasteiger partial charge in [-0.25, -0.2) is 0 Å². The Bertz CT molecular complexity index is 400. The van der Waals surface area contributed by atoms with Crippen molar-refractivity contribution < 1.29 is 0 Å². The van der Waals surface area contributed by atoms with E-state index in [-0.39, 0.29) is 29.9 Å². The molecule has 19 heavy (non-hydrogen) atoms. The Hall–Kier alpha value is -0.510. The average molecular weight is 398 g/mol. The standard InChI is InChI=1S/C11H22N6S.HI/c1-8(2)7-17-9(15-16-11(17)18-3)5-4-6-14-10(12)13;/h8H,4-7H2,1-3H3,(H4,12,13,14);1H. The van der Waals surface area contributed by atoms with Crippen LogP contribution < -0.4 is 11.5 Å². The molecular weight excluding hydrogens is 375 g/mol. The predicted octanol–water partition coefficient (Wildman–Crippen LogP) is 1.48. The van der Waals surface area contributed by atoms with Crippen LogP contribution >= 0.6 is 35.7 Å². The van der Waals surface area contributed by atoms with Crippen molar-refractivity contribution in [1.82, 2.24) is 14.8 Å². The van der Waals surface area contributed by atoms with Crippen molar-refractivity contribution in [1.29, 1.82) is 0 Å². The van der Waals surface area contributed by atoms with Gasteiger partial charge in [-0.2, -0.15) is 0 Å². The summed E-state index contributed by atoms with van der Waals surface area (Å²) >= 11 is 1.62. The van der Waals surface area contributed by atoms with Crippen LogP contribution in [0.3, 0.4) is 0 Å². The molecular formula is C11H23IN6S. The van der Waals surface area contributed by atoms with Gasteiger partial charge in [0, 0.05) is 19.5 Å². The summed E-state index contributed by atoms with van der Waals surface area (Å²) in [7, 11) is 0. The molecule has 1 aromatic heterocycles. The lowest BCUT2D eigenvalue weighted by atomic mass is 10.2. The Balaban J connectivity index is 0.00000324. The van der Waals surface area contributed by atoms with Gasteiger partial charge in [-0.15, -0.1) is 34.2 Å². The molecule has 0 amide bonds. The summed E-state index contributed by atoms with van der Waals surface area (Å²) in [5.41, 5.74) is 10.6. The first-order chi connectivity index (χ1) is 8.54. The number of hydrogen-bond acceptors (Lipinski definition) is 4. The monoisotopic (exact) mass is 398 g/mol. The summed E-state index contributed by atoms with van der Waals surface area (Å²) in [6, 6.07) is 0. The van der Waals surface area contributed by atoms with Gasteiger partial charge in [-0.3, -0.25) is 4.99 Å². The third kappa shape index (κ3) is 6.46. The first-order valence-electron chi connectivity index (χ1n) is 6.06. The van der Waals surface area contributed by atoms with Crippen molar-refractivity contribution >= 4 is 41.7 Å². The zero-order valence-electron chi connectivity index (χ0n) is 11.7. The maximum Gasteiger partial charge on any atom is 0.190 e. The number of nitrogens with zero attached hydrogens (tertiary/aromatic N) is 4. The highest BCUT2D eigenvalue weighted by Crippen LogP contribution is 2.16. The topological polar surface area (TPSA) is 95.1 Å². The van der Waals surface area contributed by atoms with Crippen LogP contribution in [0.2, 0.25) is 0 Å². The van der Waals surface area contributed by atoms with E-state index < -0.39 is 0 Å². The lowest BCUT2D eigenvalue weighted by Crippen LogP contribution is -2.23. The molecule has 6 nitrogen and oxygen atoms in total. The number of aryl methyl sites for hydroxylation is 1. The normalized spacial score (nSPS) is 10.3. The lowest BCUT2D eigenvalue weighted by molar-refractivity contribution is 0.477. The van der Waals surface area contributed by atoms with Crippen LogP contribution in [0.15, 0.2) is 10.1 Å². The van der Waals surface area contributed by atoms with Gasteiger partial charge in [0.2, 0.25) is 0 Å². The van der Waals surface area contributed by atoms with Crippen molar-refractivity contribution in [2.45, 2.75) is 38.4 Å². The van der Waals surface area contributed by atoms with Gasteiger partial charge in [0.1, 0.15) is 5.82 Å². The van der Waals surface area contributed by atoms with E-state index in [1.807, 2.05) is 6.26 Å². The van der Waals surface area contributed by atoms with Gasteiger partial charge < -0.3 is 16.0 Å². The largest absolute Gasteiger partial charge is 0.370 e. The van der Waals surface area contributed by atoms with Crippen LogP contribution in [0.4, 0.5) is 0 Å². The molecule has 0 aliphatic rings. The number of aliphatic imine (C=N–C) groups is 1. The fourth-order valence-electron chi connectivity index (χ4n) is 1.65. The fourth-order valence-corrected chi connectivity index (χ4v) is 2.17. The maximum atomic E-state index is 5.28. The number of thioether (sulfide) groups is 1. The number of rotatable bonds is 7. The highest BCUT2D eigenvalue weighted by molar-refractivity contribution is 14.0. The van der Waals surface area contributed by atoms with Crippen molar-refractivity contribution in [2.24, 2.45) is 22.4 Å². The van der Waals surface area contributed by atoms with Crippen LogP contribution in [0.1, 0.15) is 26.1 Å². The Morgan fingerprint density at radius 3 is 2.58 bits per heavy atom. The molecule has 1 heterocycles. The summed E-state index contributed by atoms with van der Waals surface area (Å²) < 4.78 is 2.19. The van der Waals surface area contributed by atoms with E-state index in [2.05, 4.69) is 33.6 Å². The lowest BCUT2D eigenvalue weighted by Gasteiger charge is -2.11. The summed E-state index contributed by atoms with van der Waals surface area (Å²) in [6.45, 7) is 5.95. The van der Waals surface area contributed by atoms with E-state index in [4.69, 9.17) is 11.5 Å². The van der Waals surface area contributed by atoms with Crippen LogP contribution in [0.25, 0.3) is 0 Å². The van der Waals surface area contributed by atoms with E-state index >= 15 is 0 Å². The van der Waals surface area contributed by atoms with E-state index in [9.17, 15) is 0 Å². The predicted molar refractivity (Wildman–Crippen MR) is 91.1 cm³/mol. The zero-order valence-corrected chi connectivity index (χ0v) is 14.8. The molecule has 0 aromatic carbocycles. The molecule has 110 valence electrons. The quantitative estimate of drug-likeness (QED) is 0.239. The minimum absolute atomic E-state index is 0. The molecule has 0 atom stereocenters. The fraction of sp³-hybridized carbons (Fsp3) is 0.727. The zero-order chi connectivity index (χ0) is 13.5. The van der Waals surface area contributed by atoms with Crippen molar-refractivity contribution in [3.63, 3.8) is 0 Å². The molecule has 0 spiro atoms. The third-order valence-electron chi connectivity index (χ3n) is 2.38. The summed E-state index contributed by atoms with van der Waals surface area (Å²) in [5, 5.41) is 9.40. The molecule has 1 aromatic rings. The van der Waals surface area contributed by atoms with E-state index in [0.717, 1.165) is 30.4 Å². The van der Waals surface area contributed by atoms with Gasteiger partial charge in [0.15, 0.2) is 11.1 Å². The molecule has 0 aliphatic heterocycles. The van der Waals surface area contributed by atoms with E-state index in [1.165, 1.54) is 0 Å². The third-order valence-corrected chi connectivity index (χ3v) is 3.04. The Morgan fingerprint density at radius 2 is 2.05 bits per heavy atom. The van der Waals surface area contributed by atoms with Crippen LogP contribution in [0, 0.1) is 5.92 Å². The van der Waals surface area contributed by atoms with Crippen LogP contribution in [0.5, 0.6) is 0 Å². The van der Waals surface area contributed by atoms with Crippen molar-refractivity contribution in [3.05, 3.63) is 5.82 Å². The highest BCUT2D eigenvalue weighted by Gasteiger charge is 2.11. The second-order valence-electron chi connectivity index (χ2n) is 4.52. The molecule has 0 aliphatic carbocycles. The molecule has 0 unspecified atom stereocenters. The second kappa shape index (κ2) is 9.40. The van der Waals surface area contributed by atoms with Gasteiger partial charge >= 0.3 is 0 Å². The van der Waals surface area contributed by atoms with Crippen molar-refractivity contribution in [3.8, 4) is 0 Å². The average Bonchev–Trinajstić information content (AvgIpc) is 2.66. The number of nitrogens with two attached hydrogens (primary N) is 2. The molecule has 1 rings (SSSR count). The second-order valence-corrected chi connectivity index (χ2v) is 5.29. The molecule has 0 saturated heterocycles. The van der Waals surface area contributed by atoms with E-state index in [1.54, 1.807) is 11.8 Å². The number of guanidine groups is 1. The molecule has 0 radical (unpaired) electrons. The van der Waals surface area contributed by atoms with Crippen LogP contribution in [-0.2, 0) is 13.0 Å². The summed E-state index contributed by atoms with van der Waals surface area (Å²) in [5.74, 6) is 1.73. The molecule has 8 heteroatoms.